The molecule has 2 N–H and O–H groups in total. The fourth-order valence-electron chi connectivity index (χ4n) is 2.57. The van der Waals surface area contributed by atoms with E-state index in [1.165, 1.54) is 12.3 Å². The van der Waals surface area contributed by atoms with Gasteiger partial charge in [-0.25, -0.2) is 4.98 Å². The zero-order valence-electron chi connectivity index (χ0n) is 12.6. The van der Waals surface area contributed by atoms with Crippen LogP contribution in [-0.4, -0.2) is 28.0 Å². The lowest BCUT2D eigenvalue weighted by Gasteiger charge is -2.05. The average molecular weight is 312 g/mol. The van der Waals surface area contributed by atoms with Gasteiger partial charge in [0.05, 0.1) is 29.6 Å². The Bertz CT molecular complexity index is 873. The first-order chi connectivity index (χ1) is 11.1. The quantitative estimate of drug-likeness (QED) is 0.576. The van der Waals surface area contributed by atoms with E-state index in [0.717, 1.165) is 22.7 Å². The summed E-state index contributed by atoms with van der Waals surface area (Å²) in [5.41, 5.74) is 8.87. The molecule has 2 aromatic heterocycles. The van der Waals surface area contributed by atoms with Crippen molar-refractivity contribution < 1.29 is 9.66 Å². The van der Waals surface area contributed by atoms with E-state index >= 15 is 0 Å². The Labute approximate surface area is 132 Å². The molecule has 0 radical (unpaired) electrons. The molecule has 0 aliphatic carbocycles. The van der Waals surface area contributed by atoms with Crippen LogP contribution in [0.2, 0.25) is 0 Å². The van der Waals surface area contributed by atoms with Crippen LogP contribution in [0.15, 0.2) is 42.6 Å². The fraction of sp³-hybridized carbons (Fsp3) is 0.188. The van der Waals surface area contributed by atoms with Crippen LogP contribution in [0.5, 0.6) is 5.75 Å². The van der Waals surface area contributed by atoms with Gasteiger partial charge in [0.15, 0.2) is 0 Å². The largest absolute Gasteiger partial charge is 0.497 e. The maximum absolute atomic E-state index is 11.0. The van der Waals surface area contributed by atoms with E-state index in [2.05, 4.69) is 4.98 Å². The van der Waals surface area contributed by atoms with Gasteiger partial charge < -0.3 is 10.5 Å². The molecule has 0 bridgehead atoms. The number of nitro groups is 1. The van der Waals surface area contributed by atoms with E-state index in [1.54, 1.807) is 17.6 Å². The molecule has 118 valence electrons. The highest BCUT2D eigenvalue weighted by molar-refractivity contribution is 5.68. The summed E-state index contributed by atoms with van der Waals surface area (Å²) in [6.07, 6.45) is 2.05. The Morgan fingerprint density at radius 3 is 2.87 bits per heavy atom. The molecule has 0 amide bonds. The minimum atomic E-state index is -0.420. The van der Waals surface area contributed by atoms with Crippen LogP contribution in [0.1, 0.15) is 5.69 Å². The lowest BCUT2D eigenvalue weighted by atomic mass is 10.1. The topological polar surface area (TPSA) is 95.7 Å². The molecule has 0 saturated heterocycles. The average Bonchev–Trinajstić information content (AvgIpc) is 2.93. The van der Waals surface area contributed by atoms with Gasteiger partial charge in [-0.1, -0.05) is 12.1 Å². The van der Waals surface area contributed by atoms with Crippen LogP contribution in [-0.2, 0) is 6.42 Å². The molecule has 0 unspecified atom stereocenters. The summed E-state index contributed by atoms with van der Waals surface area (Å²) in [4.78, 5) is 15.2. The highest BCUT2D eigenvalue weighted by Crippen LogP contribution is 2.28. The smallest absolute Gasteiger partial charge is 0.286 e. The Morgan fingerprint density at radius 1 is 1.35 bits per heavy atom. The molecular formula is C16H16N4O3. The molecule has 3 rings (SSSR count). The Kier molecular flexibility index (Phi) is 3.94. The molecule has 0 aliphatic rings. The molecule has 0 saturated carbocycles. The van der Waals surface area contributed by atoms with Gasteiger partial charge in [-0.3, -0.25) is 14.5 Å². The van der Waals surface area contributed by atoms with Crippen LogP contribution in [0.25, 0.3) is 16.9 Å². The zero-order chi connectivity index (χ0) is 16.4. The van der Waals surface area contributed by atoms with Gasteiger partial charge in [-0.15, -0.1) is 0 Å². The number of pyridine rings is 1. The Hall–Kier alpha value is -2.93. The van der Waals surface area contributed by atoms with E-state index in [0.29, 0.717) is 18.6 Å². The van der Waals surface area contributed by atoms with Gasteiger partial charge in [-0.05, 0) is 24.7 Å². The molecule has 0 spiro atoms. The third-order valence-electron chi connectivity index (χ3n) is 3.64. The zero-order valence-corrected chi connectivity index (χ0v) is 12.6. The maximum Gasteiger partial charge on any atom is 0.286 e. The van der Waals surface area contributed by atoms with Crippen molar-refractivity contribution in [3.05, 3.63) is 58.4 Å². The lowest BCUT2D eigenvalue weighted by Crippen LogP contribution is -2.06. The van der Waals surface area contributed by atoms with Crippen molar-refractivity contribution in [2.24, 2.45) is 5.73 Å². The van der Waals surface area contributed by atoms with Crippen molar-refractivity contribution >= 4 is 11.3 Å². The second-order valence-corrected chi connectivity index (χ2v) is 5.05. The SMILES string of the molecule is COc1cccc(-c2nc3ccc([N+](=O)[O-])cn3c2CCN)c1. The molecule has 2 heterocycles. The predicted molar refractivity (Wildman–Crippen MR) is 86.6 cm³/mol. The standard InChI is InChI=1S/C16H16N4O3/c1-23-13-4-2-3-11(9-13)16-14(7-8-17)19-10-12(20(21)22)5-6-15(19)18-16/h2-6,9-10H,7-8,17H2,1H3. The third-order valence-corrected chi connectivity index (χ3v) is 3.64. The first kappa shape index (κ1) is 15.0. The first-order valence-corrected chi connectivity index (χ1v) is 7.14. The summed E-state index contributed by atoms with van der Waals surface area (Å²) in [5, 5.41) is 11.0. The van der Waals surface area contributed by atoms with Crippen molar-refractivity contribution in [2.45, 2.75) is 6.42 Å². The number of nitrogens with two attached hydrogens (primary N) is 1. The summed E-state index contributed by atoms with van der Waals surface area (Å²) in [5.74, 6) is 0.726. The molecule has 0 fully saturated rings. The van der Waals surface area contributed by atoms with Crippen LogP contribution < -0.4 is 10.5 Å². The predicted octanol–water partition coefficient (Wildman–Crippen LogP) is 2.42. The summed E-state index contributed by atoms with van der Waals surface area (Å²) < 4.78 is 6.99. The van der Waals surface area contributed by atoms with Crippen LogP contribution in [0.3, 0.4) is 0 Å². The number of aromatic nitrogens is 2. The number of rotatable bonds is 5. The molecule has 7 nitrogen and oxygen atoms in total. The number of nitrogens with zero attached hydrogens (tertiary/aromatic N) is 3. The molecule has 1 aromatic carbocycles. The minimum absolute atomic E-state index is 0.0189. The van der Waals surface area contributed by atoms with Crippen LogP contribution in [0, 0.1) is 10.1 Å². The van der Waals surface area contributed by atoms with Gasteiger partial charge in [0.2, 0.25) is 0 Å². The maximum atomic E-state index is 11.0. The van der Waals surface area contributed by atoms with E-state index in [-0.39, 0.29) is 5.69 Å². The number of imidazole rings is 1. The second-order valence-electron chi connectivity index (χ2n) is 5.05. The molecule has 0 aliphatic heterocycles. The van der Waals surface area contributed by atoms with Crippen LogP contribution >= 0.6 is 0 Å². The Balaban J connectivity index is 2.22. The van der Waals surface area contributed by atoms with Crippen LogP contribution in [0.4, 0.5) is 5.69 Å². The number of hydrogen-bond donors (Lipinski definition) is 1. The van der Waals surface area contributed by atoms with Crippen molar-refractivity contribution in [2.75, 3.05) is 13.7 Å². The van der Waals surface area contributed by atoms with Gasteiger partial charge in [0, 0.05) is 18.1 Å². The van der Waals surface area contributed by atoms with E-state index in [4.69, 9.17) is 10.5 Å². The Morgan fingerprint density at radius 2 is 2.17 bits per heavy atom. The lowest BCUT2D eigenvalue weighted by molar-refractivity contribution is -0.385. The molecule has 3 aromatic rings. The minimum Gasteiger partial charge on any atom is -0.497 e. The number of hydrogen-bond acceptors (Lipinski definition) is 5. The number of ether oxygens (including phenoxy) is 1. The van der Waals surface area contributed by atoms with Crippen molar-refractivity contribution in [3.8, 4) is 17.0 Å². The second kappa shape index (κ2) is 6.05. The van der Waals surface area contributed by atoms with Gasteiger partial charge in [0.25, 0.3) is 5.69 Å². The van der Waals surface area contributed by atoms with Crippen molar-refractivity contribution in [3.63, 3.8) is 0 Å². The number of benzene rings is 1. The molecule has 23 heavy (non-hydrogen) atoms. The van der Waals surface area contributed by atoms with Crippen molar-refractivity contribution in [1.29, 1.82) is 0 Å². The molecule has 0 atom stereocenters. The monoisotopic (exact) mass is 312 g/mol. The highest BCUT2D eigenvalue weighted by atomic mass is 16.6. The van der Waals surface area contributed by atoms with E-state index in [9.17, 15) is 10.1 Å². The normalized spacial score (nSPS) is 10.9. The van der Waals surface area contributed by atoms with Gasteiger partial charge in [-0.2, -0.15) is 0 Å². The molecular weight excluding hydrogens is 296 g/mol. The number of fused-ring (bicyclic) bond motifs is 1. The highest BCUT2D eigenvalue weighted by Gasteiger charge is 2.16. The number of methoxy groups -OCH3 is 1. The van der Waals surface area contributed by atoms with Gasteiger partial charge >= 0.3 is 0 Å². The summed E-state index contributed by atoms with van der Waals surface area (Å²) in [6, 6.07) is 10.6. The van der Waals surface area contributed by atoms with E-state index < -0.39 is 4.92 Å². The third kappa shape index (κ3) is 2.74. The summed E-state index contributed by atoms with van der Waals surface area (Å²) >= 11 is 0. The fourth-order valence-corrected chi connectivity index (χ4v) is 2.57. The molecule has 7 heteroatoms. The summed E-state index contributed by atoms with van der Waals surface area (Å²) in [7, 11) is 1.60. The van der Waals surface area contributed by atoms with Gasteiger partial charge in [0.1, 0.15) is 11.4 Å². The first-order valence-electron chi connectivity index (χ1n) is 7.14. The van der Waals surface area contributed by atoms with E-state index in [1.807, 2.05) is 24.3 Å². The van der Waals surface area contributed by atoms with Crippen molar-refractivity contribution in [1.82, 2.24) is 9.38 Å². The summed E-state index contributed by atoms with van der Waals surface area (Å²) in [6.45, 7) is 0.424.